The Balaban J connectivity index is 3.13. The average Bonchev–Trinajstić information content (AvgIpc) is 2.39. The molecule has 0 aliphatic carbocycles. The summed E-state index contributed by atoms with van der Waals surface area (Å²) >= 11 is 0. The minimum absolute atomic E-state index is 0.000929. The van der Waals surface area contributed by atoms with Crippen molar-refractivity contribution in [1.82, 2.24) is 4.31 Å². The Morgan fingerprint density at radius 2 is 1.86 bits per heavy atom. The van der Waals surface area contributed by atoms with Crippen molar-refractivity contribution in [2.75, 3.05) is 19.4 Å². The molecule has 118 valence electrons. The first-order valence-corrected chi connectivity index (χ1v) is 8.11. The van der Waals surface area contributed by atoms with Gasteiger partial charge in [0, 0.05) is 19.8 Å². The van der Waals surface area contributed by atoms with E-state index in [0.717, 1.165) is 9.87 Å². The van der Waals surface area contributed by atoms with E-state index in [-0.39, 0.29) is 16.7 Å². The molecule has 0 saturated carbocycles. The number of hydrogen-bond donors (Lipinski definition) is 2. The van der Waals surface area contributed by atoms with E-state index in [2.05, 4.69) is 5.32 Å². The zero-order chi connectivity index (χ0) is 16.4. The molecule has 0 aromatic heterocycles. The summed E-state index contributed by atoms with van der Waals surface area (Å²) in [4.78, 5) is 12.1. The predicted molar refractivity (Wildman–Crippen MR) is 83.5 cm³/mol. The summed E-state index contributed by atoms with van der Waals surface area (Å²) in [5, 5.41) is 2.70. The van der Waals surface area contributed by atoms with Crippen LogP contribution in [0.5, 0.6) is 0 Å². The molecule has 7 heteroatoms. The van der Waals surface area contributed by atoms with Crippen molar-refractivity contribution < 1.29 is 13.2 Å². The number of nitrogens with zero attached hydrogens (tertiary/aromatic N) is 1. The molecule has 0 saturated heterocycles. The van der Waals surface area contributed by atoms with E-state index in [9.17, 15) is 13.2 Å². The van der Waals surface area contributed by atoms with E-state index in [1.54, 1.807) is 13.0 Å². The van der Waals surface area contributed by atoms with Crippen molar-refractivity contribution in [1.29, 1.82) is 0 Å². The number of amides is 1. The van der Waals surface area contributed by atoms with Gasteiger partial charge in [-0.05, 0) is 30.5 Å². The summed E-state index contributed by atoms with van der Waals surface area (Å²) in [6, 6.07) is 3.99. The second-order valence-electron chi connectivity index (χ2n) is 5.52. The molecule has 1 atom stereocenters. The van der Waals surface area contributed by atoms with Crippen LogP contribution < -0.4 is 11.1 Å². The number of carbonyl (C=O) groups excluding carboxylic acids is 1. The molecule has 1 amide bonds. The molecule has 1 aromatic rings. The van der Waals surface area contributed by atoms with E-state index in [4.69, 9.17) is 5.73 Å². The van der Waals surface area contributed by atoms with Crippen LogP contribution in [0.25, 0.3) is 0 Å². The minimum Gasteiger partial charge on any atom is -0.324 e. The first-order valence-electron chi connectivity index (χ1n) is 6.67. The predicted octanol–water partition coefficient (Wildman–Crippen LogP) is 1.17. The lowest BCUT2D eigenvalue weighted by Gasteiger charge is -2.18. The molecule has 0 unspecified atom stereocenters. The highest BCUT2D eigenvalue weighted by Crippen LogP contribution is 2.22. The minimum atomic E-state index is -3.54. The Kier molecular flexibility index (Phi) is 5.49. The SMILES string of the molecule is Cc1ccc(S(=O)(=O)N(C)C)cc1NC(=O)[C@@H](N)C(C)C. The van der Waals surface area contributed by atoms with Gasteiger partial charge in [0.2, 0.25) is 15.9 Å². The molecule has 0 fully saturated rings. The summed E-state index contributed by atoms with van der Waals surface area (Å²) in [6.45, 7) is 5.50. The van der Waals surface area contributed by atoms with Gasteiger partial charge in [-0.2, -0.15) is 0 Å². The smallest absolute Gasteiger partial charge is 0.242 e. The molecule has 21 heavy (non-hydrogen) atoms. The number of carbonyl (C=O) groups is 1. The van der Waals surface area contributed by atoms with Crippen molar-refractivity contribution in [3.63, 3.8) is 0 Å². The van der Waals surface area contributed by atoms with Crippen molar-refractivity contribution in [3.05, 3.63) is 23.8 Å². The Morgan fingerprint density at radius 1 is 1.29 bits per heavy atom. The maximum atomic E-state index is 12.1. The highest BCUT2D eigenvalue weighted by molar-refractivity contribution is 7.89. The summed E-state index contributed by atoms with van der Waals surface area (Å²) in [5.74, 6) is -0.327. The maximum Gasteiger partial charge on any atom is 0.242 e. The Labute approximate surface area is 126 Å². The van der Waals surface area contributed by atoms with Gasteiger partial charge in [-0.3, -0.25) is 4.79 Å². The first kappa shape index (κ1) is 17.6. The van der Waals surface area contributed by atoms with Gasteiger partial charge in [0.15, 0.2) is 0 Å². The number of anilines is 1. The standard InChI is InChI=1S/C14H23N3O3S/c1-9(2)13(15)14(18)16-12-8-11(7-6-10(12)3)21(19,20)17(4)5/h6-9,13H,15H2,1-5H3,(H,16,18)/t13-/m0/s1. The van der Waals surface area contributed by atoms with Gasteiger partial charge < -0.3 is 11.1 Å². The molecule has 0 bridgehead atoms. The van der Waals surface area contributed by atoms with Crippen LogP contribution in [0.2, 0.25) is 0 Å². The molecule has 0 aliphatic heterocycles. The number of nitrogens with two attached hydrogens (primary N) is 1. The molecule has 1 aromatic carbocycles. The summed E-state index contributed by atoms with van der Waals surface area (Å²) in [7, 11) is -0.617. The van der Waals surface area contributed by atoms with Crippen LogP contribution in [-0.2, 0) is 14.8 Å². The quantitative estimate of drug-likeness (QED) is 0.853. The second-order valence-corrected chi connectivity index (χ2v) is 7.68. The van der Waals surface area contributed by atoms with Crippen molar-refractivity contribution in [2.24, 2.45) is 11.7 Å². The highest BCUT2D eigenvalue weighted by atomic mass is 32.2. The summed E-state index contributed by atoms with van der Waals surface area (Å²) < 4.78 is 25.4. The van der Waals surface area contributed by atoms with E-state index in [1.165, 1.54) is 26.2 Å². The number of benzene rings is 1. The molecule has 1 rings (SSSR count). The van der Waals surface area contributed by atoms with E-state index >= 15 is 0 Å². The fourth-order valence-corrected chi connectivity index (χ4v) is 2.55. The third-order valence-corrected chi connectivity index (χ3v) is 5.08. The third-order valence-electron chi connectivity index (χ3n) is 3.27. The number of nitrogens with one attached hydrogen (secondary N) is 1. The van der Waals surface area contributed by atoms with Gasteiger partial charge in [-0.15, -0.1) is 0 Å². The molecule has 0 radical (unpaired) electrons. The number of hydrogen-bond acceptors (Lipinski definition) is 4. The molecular formula is C14H23N3O3S. The average molecular weight is 313 g/mol. The van der Waals surface area contributed by atoms with Crippen LogP contribution in [0.4, 0.5) is 5.69 Å². The van der Waals surface area contributed by atoms with Crippen LogP contribution in [0.3, 0.4) is 0 Å². The zero-order valence-corrected chi connectivity index (χ0v) is 13.9. The maximum absolute atomic E-state index is 12.1. The van der Waals surface area contributed by atoms with Crippen LogP contribution in [0.15, 0.2) is 23.1 Å². The van der Waals surface area contributed by atoms with E-state index in [1.807, 2.05) is 13.8 Å². The van der Waals surface area contributed by atoms with Gasteiger partial charge >= 0.3 is 0 Å². The lowest BCUT2D eigenvalue weighted by atomic mass is 10.0. The van der Waals surface area contributed by atoms with Gasteiger partial charge in [-0.1, -0.05) is 19.9 Å². The Bertz CT molecular complexity index is 624. The normalized spacial score (nSPS) is 13.5. The van der Waals surface area contributed by atoms with Crippen LogP contribution >= 0.6 is 0 Å². The summed E-state index contributed by atoms with van der Waals surface area (Å²) in [6.07, 6.45) is 0. The lowest BCUT2D eigenvalue weighted by molar-refractivity contribution is -0.118. The Hall–Kier alpha value is -1.44. The van der Waals surface area contributed by atoms with E-state index < -0.39 is 16.1 Å². The molecule has 6 nitrogen and oxygen atoms in total. The van der Waals surface area contributed by atoms with Gasteiger partial charge in [0.05, 0.1) is 10.9 Å². The van der Waals surface area contributed by atoms with Crippen molar-refractivity contribution in [2.45, 2.75) is 31.7 Å². The van der Waals surface area contributed by atoms with Crippen molar-refractivity contribution in [3.8, 4) is 0 Å². The van der Waals surface area contributed by atoms with Gasteiger partial charge in [-0.25, -0.2) is 12.7 Å². The van der Waals surface area contributed by atoms with Gasteiger partial charge in [0.25, 0.3) is 0 Å². The summed E-state index contributed by atoms with van der Waals surface area (Å²) in [5.41, 5.74) is 7.02. The van der Waals surface area contributed by atoms with Crippen LogP contribution in [0, 0.1) is 12.8 Å². The van der Waals surface area contributed by atoms with Gasteiger partial charge in [0.1, 0.15) is 0 Å². The molecule has 0 heterocycles. The second kappa shape index (κ2) is 6.55. The molecule has 3 N–H and O–H groups in total. The first-order chi connectivity index (χ1) is 9.57. The number of sulfonamides is 1. The largest absolute Gasteiger partial charge is 0.324 e. The fourth-order valence-electron chi connectivity index (χ4n) is 1.63. The molecule has 0 spiro atoms. The molecular weight excluding hydrogens is 290 g/mol. The third kappa shape index (κ3) is 4.03. The number of aryl methyl sites for hydroxylation is 1. The van der Waals surface area contributed by atoms with Crippen molar-refractivity contribution >= 4 is 21.6 Å². The Morgan fingerprint density at radius 3 is 2.33 bits per heavy atom. The topological polar surface area (TPSA) is 92.5 Å². The fraction of sp³-hybridized carbons (Fsp3) is 0.500. The zero-order valence-electron chi connectivity index (χ0n) is 13.0. The monoisotopic (exact) mass is 313 g/mol. The van der Waals surface area contributed by atoms with E-state index in [0.29, 0.717) is 5.69 Å². The van der Waals surface area contributed by atoms with Crippen LogP contribution in [0.1, 0.15) is 19.4 Å². The molecule has 0 aliphatic rings. The number of rotatable bonds is 5. The lowest BCUT2D eigenvalue weighted by Crippen LogP contribution is -2.39. The van der Waals surface area contributed by atoms with Crippen LogP contribution in [-0.4, -0.2) is 38.8 Å². The highest BCUT2D eigenvalue weighted by Gasteiger charge is 2.21.